The highest BCUT2D eigenvalue weighted by molar-refractivity contribution is 5.98. The van der Waals surface area contributed by atoms with Crippen LogP contribution in [0.25, 0.3) is 22.2 Å². The zero-order chi connectivity index (χ0) is 26.1. The summed E-state index contributed by atoms with van der Waals surface area (Å²) in [7, 11) is 0. The number of aromatic nitrogens is 2. The molecule has 3 N–H and O–H groups in total. The van der Waals surface area contributed by atoms with Crippen molar-refractivity contribution in [1.29, 1.82) is 5.26 Å². The standard InChI is InChI=1S/C26H20F3N5O3/c1-13-16(11-35)12-36-26(33-13)34-17-7-20(28)24(21(29)8-17)37-22-4-5-31-25-23(22)18(10-32-25)14-2-3-15(9-30)19(27)6-14/h2-8,10,13,16,35H,11-12H2,1H3,(H,31,32)(H,33,34). The van der Waals surface area contributed by atoms with E-state index in [2.05, 4.69) is 20.3 Å². The van der Waals surface area contributed by atoms with Crippen molar-refractivity contribution < 1.29 is 27.8 Å². The fourth-order valence-corrected chi connectivity index (χ4v) is 4.00. The van der Waals surface area contributed by atoms with Gasteiger partial charge in [-0.2, -0.15) is 5.26 Å². The van der Waals surface area contributed by atoms with E-state index in [0.717, 1.165) is 12.1 Å². The third-order valence-electron chi connectivity index (χ3n) is 6.07. The quantitative estimate of drug-likeness (QED) is 0.346. The van der Waals surface area contributed by atoms with Gasteiger partial charge < -0.3 is 24.9 Å². The van der Waals surface area contributed by atoms with Crippen LogP contribution in [0.4, 0.5) is 18.9 Å². The van der Waals surface area contributed by atoms with Gasteiger partial charge in [-0.1, -0.05) is 6.07 Å². The van der Waals surface area contributed by atoms with Gasteiger partial charge in [0.2, 0.25) is 0 Å². The molecule has 0 spiro atoms. The number of halogens is 3. The SMILES string of the molecule is CC1N=C(Nc2cc(F)c(Oc3ccnc4[nH]cc(-c5ccc(C#N)c(F)c5)c34)c(F)c2)OCC1CO. The van der Waals surface area contributed by atoms with Crippen molar-refractivity contribution in [2.45, 2.75) is 13.0 Å². The molecule has 0 fully saturated rings. The minimum atomic E-state index is -0.980. The average Bonchev–Trinajstić information content (AvgIpc) is 3.31. The predicted molar refractivity (Wildman–Crippen MR) is 130 cm³/mol. The monoisotopic (exact) mass is 507 g/mol. The number of aromatic amines is 1. The minimum absolute atomic E-state index is 0.0611. The lowest BCUT2D eigenvalue weighted by Crippen LogP contribution is -2.35. The highest BCUT2D eigenvalue weighted by atomic mass is 19.1. The molecule has 1 aliphatic rings. The van der Waals surface area contributed by atoms with Gasteiger partial charge in [-0.05, 0) is 30.7 Å². The number of nitrogens with zero attached hydrogens (tertiary/aromatic N) is 3. The van der Waals surface area contributed by atoms with E-state index in [4.69, 9.17) is 14.7 Å². The number of aliphatic hydroxyl groups excluding tert-OH is 1. The molecule has 0 saturated heterocycles. The molecule has 0 radical (unpaired) electrons. The number of hydrogen-bond acceptors (Lipinski definition) is 7. The van der Waals surface area contributed by atoms with Crippen molar-refractivity contribution >= 4 is 22.7 Å². The van der Waals surface area contributed by atoms with Gasteiger partial charge in [0.15, 0.2) is 17.4 Å². The lowest BCUT2D eigenvalue weighted by molar-refractivity contribution is 0.125. The Morgan fingerprint density at radius 3 is 2.65 bits per heavy atom. The Hall–Kier alpha value is -4.56. The number of hydrogen-bond donors (Lipinski definition) is 3. The zero-order valence-corrected chi connectivity index (χ0v) is 19.4. The third-order valence-corrected chi connectivity index (χ3v) is 6.07. The Morgan fingerprint density at radius 1 is 1.19 bits per heavy atom. The van der Waals surface area contributed by atoms with Crippen molar-refractivity contribution in [3.05, 3.63) is 71.8 Å². The number of nitriles is 1. The van der Waals surface area contributed by atoms with Crippen LogP contribution >= 0.6 is 0 Å². The molecular formula is C26H20F3N5O3. The molecule has 0 aliphatic carbocycles. The van der Waals surface area contributed by atoms with Crippen LogP contribution in [-0.4, -0.2) is 40.4 Å². The molecule has 2 aromatic carbocycles. The van der Waals surface area contributed by atoms with E-state index in [1.54, 1.807) is 25.3 Å². The third kappa shape index (κ3) is 4.66. The number of fused-ring (bicyclic) bond motifs is 1. The predicted octanol–water partition coefficient (Wildman–Crippen LogP) is 5.11. The summed E-state index contributed by atoms with van der Waals surface area (Å²) >= 11 is 0. The van der Waals surface area contributed by atoms with Crippen LogP contribution in [0.15, 0.2) is 53.8 Å². The Bertz CT molecular complexity index is 1540. The summed E-state index contributed by atoms with van der Waals surface area (Å²) in [5, 5.41) is 21.4. The van der Waals surface area contributed by atoms with Gasteiger partial charge in [0.25, 0.3) is 6.02 Å². The number of ether oxygens (including phenoxy) is 2. The normalized spacial score (nSPS) is 17.1. The molecule has 0 amide bonds. The van der Waals surface area contributed by atoms with Gasteiger partial charge in [0.05, 0.1) is 30.2 Å². The maximum atomic E-state index is 15.0. The van der Waals surface area contributed by atoms with Gasteiger partial charge in [0.1, 0.15) is 23.3 Å². The number of anilines is 1. The summed E-state index contributed by atoms with van der Waals surface area (Å²) in [4.78, 5) is 11.4. The van der Waals surface area contributed by atoms with Crippen molar-refractivity contribution in [1.82, 2.24) is 9.97 Å². The Balaban J connectivity index is 1.46. The number of H-pyrrole nitrogens is 1. The summed E-state index contributed by atoms with van der Waals surface area (Å²) in [6.45, 7) is 1.94. The smallest absolute Gasteiger partial charge is 0.289 e. The Morgan fingerprint density at radius 2 is 1.97 bits per heavy atom. The second-order valence-electron chi connectivity index (χ2n) is 8.47. The number of amidine groups is 1. The van der Waals surface area contributed by atoms with Crippen LogP contribution in [0.1, 0.15) is 12.5 Å². The number of benzene rings is 2. The van der Waals surface area contributed by atoms with E-state index in [-0.39, 0.29) is 48.2 Å². The fourth-order valence-electron chi connectivity index (χ4n) is 4.00. The van der Waals surface area contributed by atoms with Gasteiger partial charge in [-0.3, -0.25) is 0 Å². The highest BCUT2D eigenvalue weighted by Gasteiger charge is 2.24. The average molecular weight is 507 g/mol. The van der Waals surface area contributed by atoms with Crippen molar-refractivity contribution in [3.63, 3.8) is 0 Å². The molecule has 3 heterocycles. The molecule has 4 aromatic rings. The van der Waals surface area contributed by atoms with Crippen LogP contribution in [0.2, 0.25) is 0 Å². The lowest BCUT2D eigenvalue weighted by Gasteiger charge is -2.26. The van der Waals surface area contributed by atoms with Crippen LogP contribution in [0, 0.1) is 34.7 Å². The maximum Gasteiger partial charge on any atom is 0.289 e. The van der Waals surface area contributed by atoms with E-state index in [9.17, 15) is 9.50 Å². The van der Waals surface area contributed by atoms with Crippen molar-refractivity contribution in [2.24, 2.45) is 10.9 Å². The molecular weight excluding hydrogens is 487 g/mol. The summed E-state index contributed by atoms with van der Waals surface area (Å²) < 4.78 is 55.4. The fraction of sp³-hybridized carbons (Fsp3) is 0.192. The molecule has 1 aliphatic heterocycles. The van der Waals surface area contributed by atoms with E-state index < -0.39 is 23.2 Å². The number of aliphatic hydroxyl groups is 1. The molecule has 37 heavy (non-hydrogen) atoms. The molecule has 2 aromatic heterocycles. The molecule has 188 valence electrons. The van der Waals surface area contributed by atoms with Crippen molar-refractivity contribution in [2.75, 3.05) is 18.5 Å². The molecule has 8 nitrogen and oxygen atoms in total. The summed E-state index contributed by atoms with van der Waals surface area (Å²) in [6, 6.07) is 9.24. The minimum Gasteiger partial charge on any atom is -0.465 e. The molecule has 5 rings (SSSR count). The largest absolute Gasteiger partial charge is 0.465 e. The summed E-state index contributed by atoms with van der Waals surface area (Å²) in [5.41, 5.74) is 1.21. The summed E-state index contributed by atoms with van der Waals surface area (Å²) in [5.74, 6) is -3.37. The van der Waals surface area contributed by atoms with Gasteiger partial charge in [-0.15, -0.1) is 0 Å². The number of pyridine rings is 1. The van der Waals surface area contributed by atoms with E-state index in [1.807, 2.05) is 0 Å². The van der Waals surface area contributed by atoms with Crippen LogP contribution in [0.5, 0.6) is 11.5 Å². The first kappa shape index (κ1) is 24.1. The van der Waals surface area contributed by atoms with Crippen molar-refractivity contribution in [3.8, 4) is 28.7 Å². The highest BCUT2D eigenvalue weighted by Crippen LogP contribution is 2.39. The Kier molecular flexibility index (Phi) is 6.42. The number of nitrogens with one attached hydrogen (secondary N) is 2. The van der Waals surface area contributed by atoms with E-state index in [1.165, 1.54) is 24.4 Å². The molecule has 2 unspecified atom stereocenters. The Labute approximate surface area is 209 Å². The summed E-state index contributed by atoms with van der Waals surface area (Å²) in [6.07, 6.45) is 2.97. The second-order valence-corrected chi connectivity index (χ2v) is 8.47. The van der Waals surface area contributed by atoms with Crippen LogP contribution < -0.4 is 10.1 Å². The number of rotatable bonds is 5. The first-order chi connectivity index (χ1) is 17.9. The first-order valence-corrected chi connectivity index (χ1v) is 11.3. The number of aliphatic imine (C=N–C) groups is 1. The second kappa shape index (κ2) is 9.83. The molecule has 2 atom stereocenters. The van der Waals surface area contributed by atoms with E-state index in [0.29, 0.717) is 22.2 Å². The topological polar surface area (TPSA) is 116 Å². The maximum absolute atomic E-state index is 15.0. The molecule has 0 bridgehead atoms. The van der Waals surface area contributed by atoms with E-state index >= 15 is 8.78 Å². The van der Waals surface area contributed by atoms with Gasteiger partial charge in [-0.25, -0.2) is 23.1 Å². The lowest BCUT2D eigenvalue weighted by atomic mass is 10.0. The zero-order valence-electron chi connectivity index (χ0n) is 19.4. The van der Waals surface area contributed by atoms with Crippen LogP contribution in [-0.2, 0) is 4.74 Å². The first-order valence-electron chi connectivity index (χ1n) is 11.3. The van der Waals surface area contributed by atoms with Gasteiger partial charge >= 0.3 is 0 Å². The molecule has 11 heteroatoms. The molecule has 0 saturated carbocycles. The van der Waals surface area contributed by atoms with Gasteiger partial charge in [0, 0.05) is 41.7 Å². The van der Waals surface area contributed by atoms with Crippen LogP contribution in [0.3, 0.4) is 0 Å².